The summed E-state index contributed by atoms with van der Waals surface area (Å²) in [6, 6.07) is 7.24. The second kappa shape index (κ2) is 8.47. The second-order valence-electron chi connectivity index (χ2n) is 10.3. The number of rotatable bonds is 7. The zero-order valence-corrected chi connectivity index (χ0v) is 19.5. The molecule has 192 valence electrons. The van der Waals surface area contributed by atoms with Crippen molar-refractivity contribution < 1.29 is 41.7 Å². The van der Waals surface area contributed by atoms with Crippen LogP contribution in [0, 0.1) is 18.2 Å². The molecule has 6 nitrogen and oxygen atoms in total. The molecule has 3 aliphatic carbocycles. The summed E-state index contributed by atoms with van der Waals surface area (Å²) in [6.07, 6.45) is -4.75. The van der Waals surface area contributed by atoms with Gasteiger partial charge in [-0.2, -0.15) is 13.2 Å². The number of hydrogen-bond acceptors (Lipinski definition) is 5. The van der Waals surface area contributed by atoms with Crippen LogP contribution in [-0.4, -0.2) is 35.0 Å². The molecule has 0 saturated heterocycles. The molecular formula is C26H25F4NO5. The highest BCUT2D eigenvalue weighted by molar-refractivity contribution is 5.85. The van der Waals surface area contributed by atoms with Gasteiger partial charge in [0, 0.05) is 30.0 Å². The van der Waals surface area contributed by atoms with Gasteiger partial charge in [0.05, 0.1) is 11.7 Å². The third-order valence-electron chi connectivity index (χ3n) is 7.37. The van der Waals surface area contributed by atoms with E-state index in [1.807, 2.05) is 0 Å². The second-order valence-corrected chi connectivity index (χ2v) is 10.3. The van der Waals surface area contributed by atoms with Crippen molar-refractivity contribution in [2.24, 2.45) is 5.41 Å². The van der Waals surface area contributed by atoms with Crippen molar-refractivity contribution in [3.8, 4) is 11.5 Å². The Balaban J connectivity index is 1.12. The van der Waals surface area contributed by atoms with Crippen LogP contribution in [0.15, 0.2) is 36.4 Å². The normalized spacial score (nSPS) is 28.2. The first kappa shape index (κ1) is 24.5. The van der Waals surface area contributed by atoms with Gasteiger partial charge in [-0.05, 0) is 55.4 Å². The summed E-state index contributed by atoms with van der Waals surface area (Å²) < 4.78 is 63.7. The Morgan fingerprint density at radius 2 is 1.89 bits per heavy atom. The van der Waals surface area contributed by atoms with Crippen molar-refractivity contribution in [1.29, 1.82) is 0 Å². The highest BCUT2D eigenvalue weighted by atomic mass is 19.4. The van der Waals surface area contributed by atoms with Crippen molar-refractivity contribution in [3.05, 3.63) is 58.9 Å². The molecule has 4 aliphatic rings. The Morgan fingerprint density at radius 3 is 2.56 bits per heavy atom. The van der Waals surface area contributed by atoms with E-state index in [9.17, 15) is 32.3 Å². The molecule has 36 heavy (non-hydrogen) atoms. The average molecular weight is 507 g/mol. The number of benzene rings is 2. The number of carbonyl (C=O) groups is 2. The van der Waals surface area contributed by atoms with E-state index in [4.69, 9.17) is 9.47 Å². The SMILES string of the molecule is Cc1ccc(OCC(=O)NC23CC(CC(=O)C4CC(O)c5ccc(C(F)(F)F)cc5O4)(C2)C3)cc1F. The summed E-state index contributed by atoms with van der Waals surface area (Å²) in [5.74, 6) is -0.909. The van der Waals surface area contributed by atoms with E-state index in [1.54, 1.807) is 19.1 Å². The van der Waals surface area contributed by atoms with Crippen LogP contribution < -0.4 is 14.8 Å². The minimum atomic E-state index is -4.56. The van der Waals surface area contributed by atoms with Crippen LogP contribution in [0.25, 0.3) is 0 Å². The fourth-order valence-electron chi connectivity index (χ4n) is 5.76. The molecule has 1 amide bonds. The zero-order chi connectivity index (χ0) is 25.9. The summed E-state index contributed by atoms with van der Waals surface area (Å²) in [6.45, 7) is 1.36. The van der Waals surface area contributed by atoms with Gasteiger partial charge < -0.3 is 19.9 Å². The monoisotopic (exact) mass is 507 g/mol. The van der Waals surface area contributed by atoms with E-state index in [0.29, 0.717) is 24.8 Å². The van der Waals surface area contributed by atoms with Gasteiger partial charge in [0.15, 0.2) is 18.5 Å². The third kappa shape index (κ3) is 4.54. The number of aliphatic hydroxyl groups excluding tert-OH is 1. The maximum atomic E-state index is 13.6. The van der Waals surface area contributed by atoms with Gasteiger partial charge in [-0.3, -0.25) is 9.59 Å². The van der Waals surface area contributed by atoms with E-state index in [1.165, 1.54) is 12.1 Å². The molecule has 10 heteroatoms. The zero-order valence-electron chi connectivity index (χ0n) is 19.5. The fourth-order valence-corrected chi connectivity index (χ4v) is 5.76. The molecule has 2 N–H and O–H groups in total. The molecule has 0 aromatic heterocycles. The highest BCUT2D eigenvalue weighted by Gasteiger charge is 2.68. The van der Waals surface area contributed by atoms with Crippen LogP contribution in [0.2, 0.25) is 0 Å². The quantitative estimate of drug-likeness (QED) is 0.543. The lowest BCUT2D eigenvalue weighted by atomic mass is 9.38. The topological polar surface area (TPSA) is 84.9 Å². The third-order valence-corrected chi connectivity index (χ3v) is 7.37. The van der Waals surface area contributed by atoms with E-state index in [2.05, 4.69) is 5.32 Å². The molecular weight excluding hydrogens is 482 g/mol. The summed E-state index contributed by atoms with van der Waals surface area (Å²) >= 11 is 0. The van der Waals surface area contributed by atoms with Gasteiger partial charge in [0.2, 0.25) is 0 Å². The lowest BCUT2D eigenvalue weighted by Gasteiger charge is -2.70. The Labute approximate surface area is 204 Å². The van der Waals surface area contributed by atoms with E-state index < -0.39 is 35.3 Å². The maximum absolute atomic E-state index is 13.6. The number of Topliss-reactive ketones (excluding diaryl/α,β-unsaturated/α-hetero) is 1. The number of ether oxygens (including phenoxy) is 2. The lowest BCUT2D eigenvalue weighted by molar-refractivity contribution is -0.175. The fraction of sp³-hybridized carbons (Fsp3) is 0.462. The molecule has 3 saturated carbocycles. The maximum Gasteiger partial charge on any atom is 0.416 e. The molecule has 0 radical (unpaired) electrons. The molecule has 3 fully saturated rings. The van der Waals surface area contributed by atoms with Crippen molar-refractivity contribution in [2.75, 3.05) is 6.61 Å². The van der Waals surface area contributed by atoms with Crippen LogP contribution in [0.4, 0.5) is 17.6 Å². The average Bonchev–Trinajstić information content (AvgIpc) is 2.76. The standard InChI is InChI=1S/C26H25F4NO5/c1-14-2-4-16(7-18(14)27)35-10-23(34)31-25-11-24(12-25,13-25)9-20(33)22-8-19(32)17-5-3-15(26(28,29)30)6-21(17)36-22/h2-7,19,22,32H,8-13H2,1H3,(H,31,34). The van der Waals surface area contributed by atoms with Gasteiger partial charge in [0.1, 0.15) is 17.3 Å². The van der Waals surface area contributed by atoms with Crippen LogP contribution in [0.5, 0.6) is 11.5 Å². The number of halogens is 4. The number of aryl methyl sites for hydroxylation is 1. The largest absolute Gasteiger partial charge is 0.484 e. The summed E-state index contributed by atoms with van der Waals surface area (Å²) in [5, 5.41) is 13.3. The Kier molecular flexibility index (Phi) is 5.77. The van der Waals surface area contributed by atoms with Crippen LogP contribution in [0.3, 0.4) is 0 Å². The van der Waals surface area contributed by atoms with Gasteiger partial charge in [0.25, 0.3) is 5.91 Å². The Morgan fingerprint density at radius 1 is 1.17 bits per heavy atom. The molecule has 0 spiro atoms. The number of hydrogen-bond donors (Lipinski definition) is 2. The predicted octanol–water partition coefficient (Wildman–Crippen LogP) is 4.41. The molecule has 2 atom stereocenters. The first-order chi connectivity index (χ1) is 16.9. The lowest BCUT2D eigenvalue weighted by Crippen LogP contribution is -2.75. The van der Waals surface area contributed by atoms with E-state index in [-0.39, 0.29) is 53.6 Å². The van der Waals surface area contributed by atoms with Crippen molar-refractivity contribution in [1.82, 2.24) is 5.32 Å². The summed E-state index contributed by atoms with van der Waals surface area (Å²) in [5.41, 5.74) is -0.887. The number of nitrogens with one attached hydrogen (secondary N) is 1. The number of amides is 1. The predicted molar refractivity (Wildman–Crippen MR) is 119 cm³/mol. The van der Waals surface area contributed by atoms with Crippen LogP contribution in [-0.2, 0) is 15.8 Å². The van der Waals surface area contributed by atoms with Gasteiger partial charge in [-0.25, -0.2) is 4.39 Å². The molecule has 2 unspecified atom stereocenters. The Hall–Kier alpha value is -3.14. The summed E-state index contributed by atoms with van der Waals surface area (Å²) in [4.78, 5) is 25.2. The van der Waals surface area contributed by atoms with Crippen LogP contribution in [0.1, 0.15) is 54.9 Å². The molecule has 2 aromatic carbocycles. The number of fused-ring (bicyclic) bond motifs is 1. The number of alkyl halides is 3. The highest BCUT2D eigenvalue weighted by Crippen LogP contribution is 2.69. The summed E-state index contributed by atoms with van der Waals surface area (Å²) in [7, 11) is 0. The van der Waals surface area contributed by atoms with E-state index in [0.717, 1.165) is 12.1 Å². The first-order valence-electron chi connectivity index (χ1n) is 11.7. The molecule has 1 heterocycles. The smallest absolute Gasteiger partial charge is 0.416 e. The molecule has 2 bridgehead atoms. The van der Waals surface area contributed by atoms with Crippen LogP contribution >= 0.6 is 0 Å². The van der Waals surface area contributed by atoms with Gasteiger partial charge in [-0.15, -0.1) is 0 Å². The van der Waals surface area contributed by atoms with Gasteiger partial charge in [-0.1, -0.05) is 12.1 Å². The van der Waals surface area contributed by atoms with Gasteiger partial charge >= 0.3 is 6.18 Å². The minimum absolute atomic E-state index is 0.0217. The minimum Gasteiger partial charge on any atom is -0.484 e. The Bertz CT molecular complexity index is 1210. The van der Waals surface area contributed by atoms with Crippen molar-refractivity contribution in [3.63, 3.8) is 0 Å². The number of aliphatic hydroxyl groups is 1. The number of carbonyl (C=O) groups excluding carboxylic acids is 2. The number of ketones is 1. The molecule has 6 rings (SSSR count). The van der Waals surface area contributed by atoms with Crippen molar-refractivity contribution in [2.45, 2.75) is 63.0 Å². The molecule has 1 aliphatic heterocycles. The van der Waals surface area contributed by atoms with E-state index >= 15 is 0 Å². The van der Waals surface area contributed by atoms with Crippen molar-refractivity contribution >= 4 is 11.7 Å². The molecule has 2 aromatic rings. The first-order valence-corrected chi connectivity index (χ1v) is 11.7.